The molecular formula is C13H18N2O7. The summed E-state index contributed by atoms with van der Waals surface area (Å²) in [5.41, 5.74) is 2.23. The van der Waals surface area contributed by atoms with Crippen molar-refractivity contribution in [3.05, 3.63) is 33.9 Å². The van der Waals surface area contributed by atoms with Gasteiger partial charge in [-0.25, -0.2) is 0 Å². The number of aliphatic hydroxyl groups excluding tert-OH is 4. The molecule has 0 saturated heterocycles. The van der Waals surface area contributed by atoms with Crippen molar-refractivity contribution in [2.45, 2.75) is 24.7 Å². The summed E-state index contributed by atoms with van der Waals surface area (Å²) >= 11 is 0. The van der Waals surface area contributed by atoms with Crippen LogP contribution in [0.2, 0.25) is 0 Å². The molecule has 0 fully saturated rings. The van der Waals surface area contributed by atoms with Gasteiger partial charge < -0.3 is 30.5 Å². The van der Waals surface area contributed by atoms with Gasteiger partial charge >= 0.3 is 0 Å². The lowest BCUT2D eigenvalue weighted by molar-refractivity contribution is -0.384. The van der Waals surface area contributed by atoms with E-state index in [9.17, 15) is 14.9 Å². The van der Waals surface area contributed by atoms with Crippen LogP contribution in [0.5, 0.6) is 0 Å². The summed E-state index contributed by atoms with van der Waals surface area (Å²) in [5.74, 6) is 0. The Bertz CT molecular complexity index is 523. The topological polar surface area (TPSA) is 153 Å². The largest absolute Gasteiger partial charge is 0.394 e. The summed E-state index contributed by atoms with van der Waals surface area (Å²) in [5, 5.41) is 47.5. The molecular weight excluding hydrogens is 296 g/mol. The van der Waals surface area contributed by atoms with Crippen LogP contribution < -0.4 is 5.32 Å². The standard InChI is InChI=1S/C8H8N2O2.C5H10O5/c11-10(12)7-2-1-6-3-4-9-8(6)5-7;6-1-3(8)5(10)4(9)2-7/h1-2,5,9H,3-4H2;1,3-5,7-10H,2H2. The maximum absolute atomic E-state index is 10.4. The van der Waals surface area contributed by atoms with E-state index in [1.54, 1.807) is 12.1 Å². The fourth-order valence-electron chi connectivity index (χ4n) is 1.81. The van der Waals surface area contributed by atoms with Crippen molar-refractivity contribution in [1.82, 2.24) is 0 Å². The van der Waals surface area contributed by atoms with Crippen molar-refractivity contribution in [2.75, 3.05) is 18.5 Å². The Morgan fingerprint density at radius 3 is 2.59 bits per heavy atom. The molecule has 0 radical (unpaired) electrons. The molecule has 3 atom stereocenters. The lowest BCUT2D eigenvalue weighted by Crippen LogP contribution is -2.40. The van der Waals surface area contributed by atoms with E-state index < -0.39 is 24.9 Å². The molecule has 22 heavy (non-hydrogen) atoms. The molecule has 0 saturated carbocycles. The zero-order valence-corrected chi connectivity index (χ0v) is 11.6. The molecule has 0 aromatic heterocycles. The van der Waals surface area contributed by atoms with Gasteiger partial charge in [0.1, 0.15) is 18.3 Å². The number of anilines is 1. The summed E-state index contributed by atoms with van der Waals surface area (Å²) in [6.45, 7) is 0.197. The Balaban J connectivity index is 0.000000225. The quantitative estimate of drug-likeness (QED) is 0.259. The van der Waals surface area contributed by atoms with E-state index in [1.165, 1.54) is 5.56 Å². The highest BCUT2D eigenvalue weighted by molar-refractivity contribution is 5.60. The predicted octanol–water partition coefficient (Wildman–Crippen LogP) is -1.18. The monoisotopic (exact) mass is 314 g/mol. The van der Waals surface area contributed by atoms with E-state index in [1.807, 2.05) is 6.07 Å². The molecule has 0 spiro atoms. The SMILES string of the molecule is O=CC(O)C(O)C(O)CO.O=[N+]([O-])c1ccc2c(c1)NCC2. The summed E-state index contributed by atoms with van der Waals surface area (Å²) in [6, 6.07) is 4.95. The van der Waals surface area contributed by atoms with Crippen LogP contribution in [0.4, 0.5) is 11.4 Å². The second-order valence-electron chi connectivity index (χ2n) is 4.64. The maximum Gasteiger partial charge on any atom is 0.271 e. The maximum atomic E-state index is 10.4. The number of nitrogens with zero attached hydrogens (tertiary/aromatic N) is 1. The Hall–Kier alpha value is -2.07. The number of non-ortho nitro benzene ring substituents is 1. The number of hydrogen-bond donors (Lipinski definition) is 5. The second kappa shape index (κ2) is 8.39. The number of nitrogens with one attached hydrogen (secondary N) is 1. The van der Waals surface area contributed by atoms with Gasteiger partial charge in [-0.05, 0) is 12.0 Å². The van der Waals surface area contributed by atoms with Crippen LogP contribution in [0.3, 0.4) is 0 Å². The highest BCUT2D eigenvalue weighted by Crippen LogP contribution is 2.26. The van der Waals surface area contributed by atoms with E-state index >= 15 is 0 Å². The number of carbonyl (C=O) groups excluding carboxylic acids is 1. The van der Waals surface area contributed by atoms with Crippen molar-refractivity contribution >= 4 is 17.7 Å². The van der Waals surface area contributed by atoms with Crippen LogP contribution in [0.1, 0.15) is 5.56 Å². The second-order valence-corrected chi connectivity index (χ2v) is 4.64. The van der Waals surface area contributed by atoms with Crippen molar-refractivity contribution < 1.29 is 30.1 Å². The van der Waals surface area contributed by atoms with E-state index in [-0.39, 0.29) is 16.9 Å². The third kappa shape index (κ3) is 4.74. The molecule has 9 heteroatoms. The van der Waals surface area contributed by atoms with E-state index in [2.05, 4.69) is 5.32 Å². The number of hydrogen-bond acceptors (Lipinski definition) is 8. The first kappa shape index (κ1) is 18.0. The Morgan fingerprint density at radius 1 is 1.36 bits per heavy atom. The minimum Gasteiger partial charge on any atom is -0.394 e. The van der Waals surface area contributed by atoms with Crippen molar-refractivity contribution in [1.29, 1.82) is 0 Å². The zero-order valence-electron chi connectivity index (χ0n) is 11.6. The highest BCUT2D eigenvalue weighted by atomic mass is 16.6. The van der Waals surface area contributed by atoms with Gasteiger partial charge in [0.15, 0.2) is 6.29 Å². The average molecular weight is 314 g/mol. The Labute approximate surface area is 126 Å². The molecule has 0 amide bonds. The van der Waals surface area contributed by atoms with Crippen LogP contribution in [0.25, 0.3) is 0 Å². The predicted molar refractivity (Wildman–Crippen MR) is 76.5 cm³/mol. The Morgan fingerprint density at radius 2 is 2.05 bits per heavy atom. The molecule has 3 unspecified atom stereocenters. The fraction of sp³-hybridized carbons (Fsp3) is 0.462. The van der Waals surface area contributed by atoms with E-state index in [0.717, 1.165) is 18.7 Å². The molecule has 0 aliphatic carbocycles. The fourth-order valence-corrected chi connectivity index (χ4v) is 1.81. The smallest absolute Gasteiger partial charge is 0.271 e. The normalized spacial score (nSPS) is 16.4. The highest BCUT2D eigenvalue weighted by Gasteiger charge is 2.22. The zero-order chi connectivity index (χ0) is 16.7. The molecule has 9 nitrogen and oxygen atoms in total. The number of nitro groups is 1. The van der Waals surface area contributed by atoms with E-state index in [4.69, 9.17) is 20.4 Å². The van der Waals surface area contributed by atoms with Gasteiger partial charge in [0.25, 0.3) is 5.69 Å². The first-order valence-corrected chi connectivity index (χ1v) is 6.52. The lowest BCUT2D eigenvalue weighted by atomic mass is 10.1. The number of rotatable bonds is 5. The number of aliphatic hydroxyl groups is 4. The minimum absolute atomic E-state index is 0.0869. The molecule has 1 aliphatic rings. The first-order chi connectivity index (χ1) is 10.4. The van der Waals surface area contributed by atoms with Crippen molar-refractivity contribution in [3.8, 4) is 0 Å². The number of fused-ring (bicyclic) bond motifs is 1. The molecule has 1 heterocycles. The van der Waals surface area contributed by atoms with Gasteiger partial charge in [-0.15, -0.1) is 0 Å². The Kier molecular flexibility index (Phi) is 6.86. The number of nitro benzene ring substituents is 1. The van der Waals surface area contributed by atoms with Gasteiger partial charge in [-0.2, -0.15) is 0 Å². The third-order valence-corrected chi connectivity index (χ3v) is 3.08. The first-order valence-electron chi connectivity index (χ1n) is 6.52. The van der Waals surface area contributed by atoms with Crippen LogP contribution in [-0.4, -0.2) is 63.1 Å². The molecule has 1 aromatic rings. The van der Waals surface area contributed by atoms with Crippen LogP contribution in [0, 0.1) is 10.1 Å². The molecule has 1 aromatic carbocycles. The van der Waals surface area contributed by atoms with Crippen molar-refractivity contribution in [2.24, 2.45) is 0 Å². The van der Waals surface area contributed by atoms with Gasteiger partial charge in [0.2, 0.25) is 0 Å². The summed E-state index contributed by atoms with van der Waals surface area (Å²) in [7, 11) is 0. The summed E-state index contributed by atoms with van der Waals surface area (Å²) in [6.07, 6.45) is -3.67. The van der Waals surface area contributed by atoms with Gasteiger partial charge in [-0.3, -0.25) is 10.1 Å². The van der Waals surface area contributed by atoms with Crippen LogP contribution in [-0.2, 0) is 11.2 Å². The summed E-state index contributed by atoms with van der Waals surface area (Å²) < 4.78 is 0. The number of aldehydes is 1. The molecule has 0 bridgehead atoms. The minimum atomic E-state index is -1.64. The molecule has 1 aliphatic heterocycles. The van der Waals surface area contributed by atoms with Crippen LogP contribution in [0.15, 0.2) is 18.2 Å². The van der Waals surface area contributed by atoms with Crippen molar-refractivity contribution in [3.63, 3.8) is 0 Å². The van der Waals surface area contributed by atoms with Crippen LogP contribution >= 0.6 is 0 Å². The van der Waals surface area contributed by atoms with Gasteiger partial charge in [0.05, 0.1) is 11.5 Å². The molecule has 5 N–H and O–H groups in total. The lowest BCUT2D eigenvalue weighted by Gasteiger charge is -2.16. The number of carbonyl (C=O) groups is 1. The number of benzene rings is 1. The van der Waals surface area contributed by atoms with Gasteiger partial charge in [0, 0.05) is 24.4 Å². The van der Waals surface area contributed by atoms with E-state index in [0.29, 0.717) is 0 Å². The molecule has 2 rings (SSSR count). The summed E-state index contributed by atoms with van der Waals surface area (Å²) in [4.78, 5) is 19.8. The average Bonchev–Trinajstić information content (AvgIpc) is 3.00. The molecule has 122 valence electrons. The van der Waals surface area contributed by atoms with Gasteiger partial charge in [-0.1, -0.05) is 6.07 Å². The third-order valence-electron chi connectivity index (χ3n) is 3.08.